The number of hydrogen-bond acceptors (Lipinski definition) is 3. The van der Waals surface area contributed by atoms with E-state index in [2.05, 4.69) is 36.4 Å². The van der Waals surface area contributed by atoms with Crippen molar-refractivity contribution in [2.45, 2.75) is 40.0 Å². The number of ether oxygens (including phenoxy) is 1. The van der Waals surface area contributed by atoms with Crippen LogP contribution in [0, 0.1) is 13.8 Å². The summed E-state index contributed by atoms with van der Waals surface area (Å²) in [7, 11) is 1.85. The standard InChI is InChI=1S/C18H25N3O2/c1-6-12(2)15-7-9-16(10-8-15)23-11-17(22)19-18-13(3)20-21(5)14(18)4/h7-10,12H,6,11H2,1-5H3,(H,19,22)/t12-/m1/s1. The molecule has 0 radical (unpaired) electrons. The molecule has 124 valence electrons. The molecule has 0 unspecified atom stereocenters. The van der Waals surface area contributed by atoms with Gasteiger partial charge >= 0.3 is 0 Å². The Morgan fingerprint density at radius 3 is 2.48 bits per heavy atom. The van der Waals surface area contributed by atoms with Crippen molar-refractivity contribution in [3.63, 3.8) is 0 Å². The van der Waals surface area contributed by atoms with E-state index in [1.165, 1.54) is 5.56 Å². The van der Waals surface area contributed by atoms with Crippen molar-refractivity contribution in [3.05, 3.63) is 41.2 Å². The number of nitrogens with zero attached hydrogens (tertiary/aromatic N) is 2. The molecular formula is C18H25N3O2. The maximum absolute atomic E-state index is 12.0. The average molecular weight is 315 g/mol. The number of benzene rings is 1. The number of carbonyl (C=O) groups excluding carboxylic acids is 1. The Kier molecular flexibility index (Phi) is 5.42. The maximum Gasteiger partial charge on any atom is 0.262 e. The summed E-state index contributed by atoms with van der Waals surface area (Å²) in [6, 6.07) is 7.93. The Balaban J connectivity index is 1.91. The average Bonchev–Trinajstić information content (AvgIpc) is 2.79. The minimum Gasteiger partial charge on any atom is -0.484 e. The fourth-order valence-electron chi connectivity index (χ4n) is 2.41. The summed E-state index contributed by atoms with van der Waals surface area (Å²) in [4.78, 5) is 12.0. The van der Waals surface area contributed by atoms with Crippen LogP contribution in [0.25, 0.3) is 0 Å². The fraction of sp³-hybridized carbons (Fsp3) is 0.444. The lowest BCUT2D eigenvalue weighted by atomic mass is 9.99. The van der Waals surface area contributed by atoms with Crippen molar-refractivity contribution < 1.29 is 9.53 Å². The predicted octanol–water partition coefficient (Wildman–Crippen LogP) is 3.57. The van der Waals surface area contributed by atoms with Crippen molar-refractivity contribution in [2.75, 3.05) is 11.9 Å². The smallest absolute Gasteiger partial charge is 0.262 e. The van der Waals surface area contributed by atoms with Gasteiger partial charge in [0, 0.05) is 7.05 Å². The maximum atomic E-state index is 12.0. The van der Waals surface area contributed by atoms with E-state index in [1.807, 2.05) is 33.0 Å². The van der Waals surface area contributed by atoms with Crippen LogP contribution in [-0.4, -0.2) is 22.3 Å². The molecule has 0 aliphatic carbocycles. The zero-order valence-electron chi connectivity index (χ0n) is 14.5. The largest absolute Gasteiger partial charge is 0.484 e. The molecule has 1 aromatic carbocycles. The molecule has 5 heteroatoms. The van der Waals surface area contributed by atoms with Crippen LogP contribution >= 0.6 is 0 Å². The lowest BCUT2D eigenvalue weighted by Gasteiger charge is -2.11. The third-order valence-corrected chi connectivity index (χ3v) is 4.20. The summed E-state index contributed by atoms with van der Waals surface area (Å²) in [6.07, 6.45) is 1.10. The molecular weight excluding hydrogens is 290 g/mol. The predicted molar refractivity (Wildman–Crippen MR) is 92.0 cm³/mol. The first-order chi connectivity index (χ1) is 10.9. The zero-order valence-corrected chi connectivity index (χ0v) is 14.5. The van der Waals surface area contributed by atoms with Gasteiger partial charge in [-0.05, 0) is 43.9 Å². The van der Waals surface area contributed by atoms with Crippen molar-refractivity contribution in [3.8, 4) is 5.75 Å². The third-order valence-electron chi connectivity index (χ3n) is 4.20. The van der Waals surface area contributed by atoms with Gasteiger partial charge in [-0.15, -0.1) is 0 Å². The van der Waals surface area contributed by atoms with Crippen molar-refractivity contribution in [1.29, 1.82) is 0 Å². The monoisotopic (exact) mass is 315 g/mol. The van der Waals surface area contributed by atoms with Crippen LogP contribution in [0.4, 0.5) is 5.69 Å². The molecule has 0 spiro atoms. The number of aryl methyl sites for hydroxylation is 2. The molecule has 0 aliphatic heterocycles. The van der Waals surface area contributed by atoms with Crippen LogP contribution in [0.15, 0.2) is 24.3 Å². The molecule has 0 aliphatic rings. The first kappa shape index (κ1) is 17.1. The highest BCUT2D eigenvalue weighted by Gasteiger charge is 2.13. The Morgan fingerprint density at radius 1 is 1.30 bits per heavy atom. The molecule has 1 heterocycles. The number of amides is 1. The number of carbonyl (C=O) groups is 1. The van der Waals surface area contributed by atoms with Gasteiger partial charge in [0.05, 0.1) is 17.1 Å². The minimum absolute atomic E-state index is 0.0174. The van der Waals surface area contributed by atoms with Gasteiger partial charge in [0.15, 0.2) is 6.61 Å². The van der Waals surface area contributed by atoms with Crippen LogP contribution in [-0.2, 0) is 11.8 Å². The first-order valence-corrected chi connectivity index (χ1v) is 7.95. The van der Waals surface area contributed by atoms with Gasteiger partial charge in [-0.2, -0.15) is 5.10 Å². The summed E-state index contributed by atoms with van der Waals surface area (Å²) in [6.45, 7) is 8.14. The van der Waals surface area contributed by atoms with Crippen LogP contribution < -0.4 is 10.1 Å². The van der Waals surface area contributed by atoms with Gasteiger partial charge in [0.2, 0.25) is 0 Å². The van der Waals surface area contributed by atoms with Crippen LogP contribution in [0.5, 0.6) is 5.75 Å². The highest BCUT2D eigenvalue weighted by atomic mass is 16.5. The fourth-order valence-corrected chi connectivity index (χ4v) is 2.41. The lowest BCUT2D eigenvalue weighted by molar-refractivity contribution is -0.118. The number of hydrogen-bond donors (Lipinski definition) is 1. The SMILES string of the molecule is CC[C@@H](C)c1ccc(OCC(=O)Nc2c(C)nn(C)c2C)cc1. The van der Waals surface area contributed by atoms with Gasteiger partial charge in [-0.3, -0.25) is 9.48 Å². The van der Waals surface area contributed by atoms with Gasteiger partial charge in [-0.25, -0.2) is 0 Å². The van der Waals surface area contributed by atoms with Crippen molar-refractivity contribution in [1.82, 2.24) is 9.78 Å². The Bertz CT molecular complexity index is 674. The lowest BCUT2D eigenvalue weighted by Crippen LogP contribution is -2.20. The van der Waals surface area contributed by atoms with Crippen molar-refractivity contribution in [2.24, 2.45) is 7.05 Å². The molecule has 1 N–H and O–H groups in total. The van der Waals surface area contributed by atoms with Crippen molar-refractivity contribution >= 4 is 11.6 Å². The van der Waals surface area contributed by atoms with Crippen LogP contribution in [0.3, 0.4) is 0 Å². The minimum atomic E-state index is -0.185. The Hall–Kier alpha value is -2.30. The molecule has 1 atom stereocenters. The molecule has 0 bridgehead atoms. The number of anilines is 1. The van der Waals surface area contributed by atoms with E-state index in [9.17, 15) is 4.79 Å². The zero-order chi connectivity index (χ0) is 17.0. The van der Waals surface area contributed by atoms with E-state index >= 15 is 0 Å². The molecule has 5 nitrogen and oxygen atoms in total. The second-order valence-corrected chi connectivity index (χ2v) is 5.88. The Morgan fingerprint density at radius 2 is 1.96 bits per heavy atom. The molecule has 2 aromatic rings. The normalized spacial score (nSPS) is 12.0. The molecule has 0 saturated carbocycles. The molecule has 2 rings (SSSR count). The Labute approximate surface area is 137 Å². The van der Waals surface area contributed by atoms with E-state index in [4.69, 9.17) is 4.74 Å². The first-order valence-electron chi connectivity index (χ1n) is 7.95. The van der Waals surface area contributed by atoms with E-state index in [1.54, 1.807) is 4.68 Å². The second kappa shape index (κ2) is 7.31. The molecule has 1 amide bonds. The van der Waals surface area contributed by atoms with E-state index < -0.39 is 0 Å². The summed E-state index contributed by atoms with van der Waals surface area (Å²) >= 11 is 0. The summed E-state index contributed by atoms with van der Waals surface area (Å²) in [5, 5.41) is 7.14. The third kappa shape index (κ3) is 4.12. The topological polar surface area (TPSA) is 56.1 Å². The summed E-state index contributed by atoms with van der Waals surface area (Å²) in [5.74, 6) is 1.05. The number of rotatable bonds is 6. The van der Waals surface area contributed by atoms with E-state index in [-0.39, 0.29) is 12.5 Å². The van der Waals surface area contributed by atoms with Gasteiger partial charge < -0.3 is 10.1 Å². The van der Waals surface area contributed by atoms with E-state index in [0.717, 1.165) is 23.5 Å². The van der Waals surface area contributed by atoms with Gasteiger partial charge in [0.1, 0.15) is 5.75 Å². The van der Waals surface area contributed by atoms with Gasteiger partial charge in [0.25, 0.3) is 5.91 Å². The van der Waals surface area contributed by atoms with Crippen LogP contribution in [0.1, 0.15) is 43.1 Å². The molecule has 1 aromatic heterocycles. The highest BCUT2D eigenvalue weighted by molar-refractivity contribution is 5.93. The van der Waals surface area contributed by atoms with E-state index in [0.29, 0.717) is 11.7 Å². The summed E-state index contributed by atoms with van der Waals surface area (Å²) in [5.41, 5.74) is 3.77. The number of nitrogens with one attached hydrogen (secondary N) is 1. The quantitative estimate of drug-likeness (QED) is 0.886. The second-order valence-electron chi connectivity index (χ2n) is 5.88. The highest BCUT2D eigenvalue weighted by Crippen LogP contribution is 2.22. The molecule has 0 saturated heterocycles. The number of aromatic nitrogens is 2. The van der Waals surface area contributed by atoms with Gasteiger partial charge in [-0.1, -0.05) is 26.0 Å². The molecule has 0 fully saturated rings. The molecule has 23 heavy (non-hydrogen) atoms. The van der Waals surface area contributed by atoms with Crippen LogP contribution in [0.2, 0.25) is 0 Å². The summed E-state index contributed by atoms with van der Waals surface area (Å²) < 4.78 is 7.31.